The van der Waals surface area contributed by atoms with Crippen molar-refractivity contribution in [3.8, 4) is 22.9 Å². The molecule has 0 spiro atoms. The summed E-state index contributed by atoms with van der Waals surface area (Å²) in [4.78, 5) is 54.0. The average molecular weight is 798 g/mol. The third-order valence-corrected chi connectivity index (χ3v) is 15.3. The number of piperazine rings is 1. The lowest BCUT2D eigenvalue weighted by atomic mass is 9.84. The maximum Gasteiger partial charge on any atom is 0.241 e. The standard InChI is InChI=1S/C39H48ClN5O7S2/c1-9-21-16-39(21,36(48)44-54(49,50)38(7)12-13-38)17-27(46)25-15-30(26-18-41-33(37(4,5)6)35(47)45(25)26)52-29-14-23(24-19-53-34(43-24)20(2)3)42-32-22(29)10-11-28(51-8)31(32)40/h9-11,14,19-21,25-26,30,33,41H,1,12-13,15-18H2,2-8H3,(H,44,48)/t21-,25+,26-,30-,33+,39-/m1/s1. The van der Waals surface area contributed by atoms with Crippen LogP contribution in [0.4, 0.5) is 0 Å². The molecule has 2 aliphatic carbocycles. The number of sulfonamides is 1. The van der Waals surface area contributed by atoms with E-state index in [-0.39, 0.29) is 36.4 Å². The van der Waals surface area contributed by atoms with Crippen LogP contribution in [-0.4, -0.2) is 83.5 Å². The fraction of sp³-hybridized carbons (Fsp3) is 0.564. The van der Waals surface area contributed by atoms with Crippen LogP contribution in [0.15, 0.2) is 36.2 Å². The van der Waals surface area contributed by atoms with Crippen molar-refractivity contribution in [3.05, 3.63) is 46.3 Å². The second-order valence-electron chi connectivity index (χ2n) is 16.9. The van der Waals surface area contributed by atoms with Crippen molar-refractivity contribution in [2.75, 3.05) is 13.7 Å². The minimum atomic E-state index is -3.93. The van der Waals surface area contributed by atoms with Gasteiger partial charge in [0.25, 0.3) is 0 Å². The summed E-state index contributed by atoms with van der Waals surface area (Å²) in [5, 5.41) is 7.26. The summed E-state index contributed by atoms with van der Waals surface area (Å²) < 4.78 is 39.8. The third kappa shape index (κ3) is 6.60. The Hall–Kier alpha value is -3.59. The van der Waals surface area contributed by atoms with E-state index in [2.05, 4.69) is 30.5 Å². The molecule has 54 heavy (non-hydrogen) atoms. The molecule has 4 aliphatic rings. The monoisotopic (exact) mass is 797 g/mol. The molecule has 2 saturated heterocycles. The Bertz CT molecular complexity index is 2160. The van der Waals surface area contributed by atoms with E-state index in [0.717, 1.165) is 5.01 Å². The Balaban J connectivity index is 1.24. The highest BCUT2D eigenvalue weighted by molar-refractivity contribution is 7.91. The molecule has 2 aliphatic heterocycles. The lowest BCUT2D eigenvalue weighted by Crippen LogP contribution is -2.66. The van der Waals surface area contributed by atoms with Gasteiger partial charge in [0.05, 0.1) is 51.6 Å². The summed E-state index contributed by atoms with van der Waals surface area (Å²) in [6.45, 7) is 15.9. The third-order valence-electron chi connectivity index (χ3n) is 11.7. The molecule has 0 unspecified atom stereocenters. The van der Waals surface area contributed by atoms with Crippen LogP contribution in [0.2, 0.25) is 5.02 Å². The Morgan fingerprint density at radius 1 is 1.20 bits per heavy atom. The predicted octanol–water partition coefficient (Wildman–Crippen LogP) is 6.03. The Kier molecular flexibility index (Phi) is 9.71. The summed E-state index contributed by atoms with van der Waals surface area (Å²) in [7, 11) is -2.39. The number of methoxy groups -OCH3 is 1. The number of carbonyl (C=O) groups is 3. The number of carbonyl (C=O) groups excluding carboxylic acids is 3. The molecule has 4 heterocycles. The van der Waals surface area contributed by atoms with E-state index in [1.807, 2.05) is 38.3 Å². The number of fused-ring (bicyclic) bond motifs is 2. The first-order valence-corrected chi connectivity index (χ1v) is 21.2. The number of aromatic nitrogens is 2. The number of pyridine rings is 1. The first kappa shape index (κ1) is 38.7. The van der Waals surface area contributed by atoms with Gasteiger partial charge in [0.1, 0.15) is 28.3 Å². The van der Waals surface area contributed by atoms with Crippen LogP contribution in [0, 0.1) is 16.7 Å². The number of Topliss-reactive ketones (excluding diaryl/α,β-unsaturated/α-hetero) is 1. The SMILES string of the molecule is C=C[C@@H]1C[C@]1(CC(=O)[C@@H]1C[C@@H](Oc2cc(-c3csc(C(C)C)n3)nc3c(Cl)c(OC)ccc23)[C@H]2CN[C@H](C(C)(C)C)C(=O)N21)C(=O)NS(=O)(=O)C1(C)CC1. The number of halogens is 1. The zero-order valence-electron chi connectivity index (χ0n) is 31.7. The van der Waals surface area contributed by atoms with Gasteiger partial charge in [0, 0.05) is 42.1 Å². The maximum atomic E-state index is 14.5. The summed E-state index contributed by atoms with van der Waals surface area (Å²) in [6.07, 6.45) is 2.13. The molecule has 0 bridgehead atoms. The van der Waals surface area contributed by atoms with Crippen molar-refractivity contribution in [2.24, 2.45) is 16.7 Å². The normalized spacial score (nSPS) is 27.5. The lowest BCUT2D eigenvalue weighted by Gasteiger charge is -2.43. The van der Waals surface area contributed by atoms with Crippen LogP contribution in [0.3, 0.4) is 0 Å². The highest BCUT2D eigenvalue weighted by Gasteiger charge is 2.63. The van der Waals surface area contributed by atoms with Crippen LogP contribution >= 0.6 is 22.9 Å². The van der Waals surface area contributed by atoms with E-state index in [9.17, 15) is 22.8 Å². The van der Waals surface area contributed by atoms with Crippen molar-refractivity contribution < 1.29 is 32.3 Å². The van der Waals surface area contributed by atoms with Gasteiger partial charge in [-0.2, -0.15) is 0 Å². The minimum Gasteiger partial charge on any atom is -0.495 e. The van der Waals surface area contributed by atoms with Gasteiger partial charge < -0.3 is 19.7 Å². The molecular weight excluding hydrogens is 750 g/mol. The lowest BCUT2D eigenvalue weighted by molar-refractivity contribution is -0.147. The summed E-state index contributed by atoms with van der Waals surface area (Å²) in [6, 6.07) is 3.39. The number of nitrogens with zero attached hydrogens (tertiary/aromatic N) is 3. The highest BCUT2D eigenvalue weighted by atomic mass is 35.5. The van der Waals surface area contributed by atoms with Crippen molar-refractivity contribution in [3.63, 3.8) is 0 Å². The molecule has 2 aromatic heterocycles. The zero-order valence-corrected chi connectivity index (χ0v) is 34.1. The molecule has 2 saturated carbocycles. The van der Waals surface area contributed by atoms with E-state index in [4.69, 9.17) is 31.0 Å². The number of ether oxygens (including phenoxy) is 2. The molecule has 4 fully saturated rings. The van der Waals surface area contributed by atoms with Crippen LogP contribution in [0.25, 0.3) is 22.3 Å². The molecule has 12 nitrogen and oxygen atoms in total. The first-order chi connectivity index (χ1) is 25.3. The average Bonchev–Trinajstić information content (AvgIpc) is 3.91. The van der Waals surface area contributed by atoms with Crippen molar-refractivity contribution in [1.29, 1.82) is 0 Å². The van der Waals surface area contributed by atoms with Gasteiger partial charge in [-0.05, 0) is 49.7 Å². The number of amides is 2. The van der Waals surface area contributed by atoms with Gasteiger partial charge in [0.15, 0.2) is 5.78 Å². The van der Waals surface area contributed by atoms with Crippen molar-refractivity contribution in [2.45, 2.75) is 109 Å². The molecule has 290 valence electrons. The molecule has 3 aromatic rings. The van der Waals surface area contributed by atoms with Crippen LogP contribution in [-0.2, 0) is 24.4 Å². The van der Waals surface area contributed by atoms with Gasteiger partial charge in [-0.3, -0.25) is 19.1 Å². The van der Waals surface area contributed by atoms with Gasteiger partial charge in [0.2, 0.25) is 21.8 Å². The number of benzene rings is 1. The van der Waals surface area contributed by atoms with E-state index < -0.39 is 55.7 Å². The molecule has 2 amide bonds. The number of thiazole rings is 1. The summed E-state index contributed by atoms with van der Waals surface area (Å²) in [5.74, 6) is -0.474. The number of hydrogen-bond donors (Lipinski definition) is 2. The van der Waals surface area contributed by atoms with Gasteiger partial charge >= 0.3 is 0 Å². The molecule has 1 aromatic carbocycles. The molecule has 15 heteroatoms. The number of ketones is 1. The maximum absolute atomic E-state index is 14.5. The largest absolute Gasteiger partial charge is 0.495 e. The molecule has 6 atom stereocenters. The van der Waals surface area contributed by atoms with Gasteiger partial charge in [-0.1, -0.05) is 52.3 Å². The Labute approximate surface area is 325 Å². The van der Waals surface area contributed by atoms with E-state index in [0.29, 0.717) is 64.6 Å². The van der Waals surface area contributed by atoms with Crippen LogP contribution in [0.1, 0.15) is 84.6 Å². The topological polar surface area (TPSA) is 157 Å². The summed E-state index contributed by atoms with van der Waals surface area (Å²) >= 11 is 8.38. The number of allylic oxidation sites excluding steroid dienone is 1. The van der Waals surface area contributed by atoms with Crippen LogP contribution in [0.5, 0.6) is 11.5 Å². The molecule has 0 radical (unpaired) electrons. The van der Waals surface area contributed by atoms with Gasteiger partial charge in [-0.15, -0.1) is 17.9 Å². The van der Waals surface area contributed by atoms with E-state index >= 15 is 0 Å². The smallest absolute Gasteiger partial charge is 0.241 e. The highest BCUT2D eigenvalue weighted by Crippen LogP contribution is 2.57. The predicted molar refractivity (Wildman–Crippen MR) is 208 cm³/mol. The Morgan fingerprint density at radius 2 is 1.93 bits per heavy atom. The second kappa shape index (κ2) is 13.6. The molecule has 7 rings (SSSR count). The fourth-order valence-electron chi connectivity index (χ4n) is 7.85. The first-order valence-electron chi connectivity index (χ1n) is 18.4. The summed E-state index contributed by atoms with van der Waals surface area (Å²) in [5.41, 5.74) is -0.0399. The van der Waals surface area contributed by atoms with E-state index in [1.54, 1.807) is 35.3 Å². The number of rotatable bonds is 12. The minimum absolute atomic E-state index is 0.165. The number of hydrogen-bond acceptors (Lipinski definition) is 11. The van der Waals surface area contributed by atoms with Gasteiger partial charge in [-0.25, -0.2) is 18.4 Å². The molecular formula is C39H48ClN5O7S2. The molecule has 2 N–H and O–H groups in total. The zero-order chi connectivity index (χ0) is 39.1. The van der Waals surface area contributed by atoms with Crippen LogP contribution < -0.4 is 19.5 Å². The van der Waals surface area contributed by atoms with Crippen molar-refractivity contribution in [1.82, 2.24) is 24.9 Å². The second-order valence-corrected chi connectivity index (χ2v) is 20.3. The Morgan fingerprint density at radius 3 is 2.52 bits per heavy atom. The van der Waals surface area contributed by atoms with E-state index in [1.165, 1.54) is 7.11 Å². The quantitative estimate of drug-likeness (QED) is 0.208. The van der Waals surface area contributed by atoms with Crippen molar-refractivity contribution >= 4 is 61.5 Å². The fourth-order valence-corrected chi connectivity index (χ4v) is 10.3. The number of nitrogens with one attached hydrogen (secondary N) is 2.